The Hall–Kier alpha value is -2.74. The number of hydrogen-bond acceptors (Lipinski definition) is 4. The largest absolute Gasteiger partial charge is 0.348 e. The maximum atomic E-state index is 12.9. The molecule has 1 aliphatic heterocycles. The summed E-state index contributed by atoms with van der Waals surface area (Å²) in [6.07, 6.45) is 0. The van der Waals surface area contributed by atoms with Crippen molar-refractivity contribution in [2.75, 3.05) is 32.7 Å². The summed E-state index contributed by atoms with van der Waals surface area (Å²) >= 11 is 0. The lowest BCUT2D eigenvalue weighted by molar-refractivity contribution is -0.123. The first-order valence-electron chi connectivity index (χ1n) is 10.9. The normalized spacial score (nSPS) is 16.7. The molecule has 32 heavy (non-hydrogen) atoms. The summed E-state index contributed by atoms with van der Waals surface area (Å²) in [5.74, 6) is -0.0551. The van der Waals surface area contributed by atoms with Crippen molar-refractivity contribution in [3.05, 3.63) is 77.9 Å². The van der Waals surface area contributed by atoms with Crippen LogP contribution in [-0.4, -0.2) is 56.3 Å². The van der Waals surface area contributed by atoms with Crippen molar-refractivity contribution in [2.45, 2.75) is 24.8 Å². The maximum Gasteiger partial charge on any atom is 0.243 e. The number of hydrogen-bond donors (Lipinski definition) is 1. The second-order valence-electron chi connectivity index (χ2n) is 8.39. The molecule has 1 fully saturated rings. The molecule has 4 rings (SSSR count). The Morgan fingerprint density at radius 3 is 2.28 bits per heavy atom. The summed E-state index contributed by atoms with van der Waals surface area (Å²) in [6, 6.07) is 21.2. The molecule has 6 nitrogen and oxygen atoms in total. The summed E-state index contributed by atoms with van der Waals surface area (Å²) in [4.78, 5) is 14.9. The smallest absolute Gasteiger partial charge is 0.243 e. The van der Waals surface area contributed by atoms with Crippen LogP contribution in [0.3, 0.4) is 0 Å². The number of nitrogens with one attached hydrogen (secondary N) is 1. The Labute approximate surface area is 189 Å². The van der Waals surface area contributed by atoms with Crippen molar-refractivity contribution in [1.82, 2.24) is 14.5 Å². The van der Waals surface area contributed by atoms with E-state index in [4.69, 9.17) is 0 Å². The third-order valence-corrected chi connectivity index (χ3v) is 7.92. The number of fused-ring (bicyclic) bond motifs is 1. The van der Waals surface area contributed by atoms with E-state index >= 15 is 0 Å². The Bertz CT molecular complexity index is 1200. The fourth-order valence-electron chi connectivity index (χ4n) is 4.04. The lowest BCUT2D eigenvalue weighted by Gasteiger charge is -2.33. The molecule has 0 aliphatic carbocycles. The monoisotopic (exact) mass is 451 g/mol. The Morgan fingerprint density at radius 2 is 1.59 bits per heavy atom. The molecule has 1 saturated heterocycles. The molecule has 1 heterocycles. The zero-order valence-corrected chi connectivity index (χ0v) is 19.3. The number of nitrogens with zero attached hydrogens (tertiary/aromatic N) is 2. The standard InChI is InChI=1S/C25H29N3O3S/c1-19-7-11-24(12-8-19)32(30,31)28-15-13-27(14-16-28)18-25(29)26-20(2)22-10-9-21-5-3-4-6-23(21)17-22/h3-12,17,20H,13-16,18H2,1-2H3,(H,26,29). The van der Waals surface area contributed by atoms with Gasteiger partial charge in [-0.1, -0.05) is 54.1 Å². The summed E-state index contributed by atoms with van der Waals surface area (Å²) in [6.45, 7) is 5.99. The molecule has 3 aromatic carbocycles. The molecule has 1 unspecified atom stereocenters. The van der Waals surface area contributed by atoms with Gasteiger partial charge in [0.2, 0.25) is 15.9 Å². The number of benzene rings is 3. The Balaban J connectivity index is 1.30. The lowest BCUT2D eigenvalue weighted by Crippen LogP contribution is -2.51. The van der Waals surface area contributed by atoms with Crippen LogP contribution in [0.5, 0.6) is 0 Å². The molecule has 3 aromatic rings. The maximum absolute atomic E-state index is 12.9. The van der Waals surface area contributed by atoms with Crippen LogP contribution < -0.4 is 5.32 Å². The van der Waals surface area contributed by atoms with Gasteiger partial charge in [-0.3, -0.25) is 9.69 Å². The quantitative estimate of drug-likeness (QED) is 0.624. The van der Waals surface area contributed by atoms with Gasteiger partial charge in [-0.15, -0.1) is 0 Å². The molecule has 1 atom stereocenters. The molecule has 168 valence electrons. The van der Waals surface area contributed by atoms with Crippen LogP contribution in [0.1, 0.15) is 24.1 Å². The number of carbonyl (C=O) groups is 1. The topological polar surface area (TPSA) is 69.7 Å². The molecule has 0 spiro atoms. The van der Waals surface area contributed by atoms with Gasteiger partial charge in [0, 0.05) is 26.2 Å². The molecule has 0 bridgehead atoms. The van der Waals surface area contributed by atoms with Crippen molar-refractivity contribution in [2.24, 2.45) is 0 Å². The number of amides is 1. The Kier molecular flexibility index (Phi) is 6.60. The average Bonchev–Trinajstić information content (AvgIpc) is 2.79. The number of aryl methyl sites for hydroxylation is 1. The molecule has 1 amide bonds. The van der Waals surface area contributed by atoms with Gasteiger partial charge in [-0.2, -0.15) is 4.31 Å². The van der Waals surface area contributed by atoms with E-state index in [0.717, 1.165) is 16.5 Å². The van der Waals surface area contributed by atoms with Crippen LogP contribution in [0, 0.1) is 6.92 Å². The SMILES string of the molecule is Cc1ccc(S(=O)(=O)N2CCN(CC(=O)NC(C)c3ccc4ccccc4c3)CC2)cc1. The third kappa shape index (κ3) is 5.01. The summed E-state index contributed by atoms with van der Waals surface area (Å²) in [5.41, 5.74) is 2.09. The fourth-order valence-corrected chi connectivity index (χ4v) is 5.46. The van der Waals surface area contributed by atoms with Gasteiger partial charge in [-0.05, 0) is 48.4 Å². The van der Waals surface area contributed by atoms with Gasteiger partial charge in [0.05, 0.1) is 17.5 Å². The predicted octanol–water partition coefficient (Wildman–Crippen LogP) is 3.33. The lowest BCUT2D eigenvalue weighted by atomic mass is 10.0. The summed E-state index contributed by atoms with van der Waals surface area (Å²) in [7, 11) is -3.50. The van der Waals surface area contributed by atoms with E-state index in [0.29, 0.717) is 31.1 Å². The number of sulfonamides is 1. The van der Waals surface area contributed by atoms with Gasteiger partial charge in [0.15, 0.2) is 0 Å². The molecule has 0 aromatic heterocycles. The predicted molar refractivity (Wildman–Crippen MR) is 127 cm³/mol. The molecule has 1 N–H and O–H groups in total. The molecular weight excluding hydrogens is 422 g/mol. The van der Waals surface area contributed by atoms with E-state index < -0.39 is 10.0 Å². The fraction of sp³-hybridized carbons (Fsp3) is 0.320. The van der Waals surface area contributed by atoms with Gasteiger partial charge in [0.25, 0.3) is 0 Å². The average molecular weight is 452 g/mol. The second-order valence-corrected chi connectivity index (χ2v) is 10.3. The first-order chi connectivity index (χ1) is 15.3. The third-order valence-electron chi connectivity index (χ3n) is 6.01. The molecule has 0 radical (unpaired) electrons. The minimum Gasteiger partial charge on any atom is -0.348 e. The second kappa shape index (κ2) is 9.40. The van der Waals surface area contributed by atoms with Gasteiger partial charge < -0.3 is 5.32 Å². The van der Waals surface area contributed by atoms with Crippen LogP contribution >= 0.6 is 0 Å². The highest BCUT2D eigenvalue weighted by molar-refractivity contribution is 7.89. The number of carbonyl (C=O) groups excluding carboxylic acids is 1. The van der Waals surface area contributed by atoms with Crippen molar-refractivity contribution in [3.8, 4) is 0 Å². The van der Waals surface area contributed by atoms with Crippen molar-refractivity contribution >= 4 is 26.7 Å². The molecule has 0 saturated carbocycles. The van der Waals surface area contributed by atoms with Crippen LogP contribution in [0.15, 0.2) is 71.6 Å². The highest BCUT2D eigenvalue weighted by Crippen LogP contribution is 2.21. The van der Waals surface area contributed by atoms with Crippen molar-refractivity contribution in [1.29, 1.82) is 0 Å². The Morgan fingerprint density at radius 1 is 0.938 bits per heavy atom. The van der Waals surface area contributed by atoms with Crippen LogP contribution in [-0.2, 0) is 14.8 Å². The molecule has 7 heteroatoms. The van der Waals surface area contributed by atoms with Crippen LogP contribution in [0.2, 0.25) is 0 Å². The molecule has 1 aliphatic rings. The van der Waals surface area contributed by atoms with Crippen LogP contribution in [0.25, 0.3) is 10.8 Å². The van der Waals surface area contributed by atoms with E-state index in [-0.39, 0.29) is 18.5 Å². The first-order valence-corrected chi connectivity index (χ1v) is 12.3. The highest BCUT2D eigenvalue weighted by Gasteiger charge is 2.29. The van der Waals surface area contributed by atoms with Gasteiger partial charge >= 0.3 is 0 Å². The minimum atomic E-state index is -3.50. The zero-order valence-electron chi connectivity index (χ0n) is 18.5. The first kappa shape index (κ1) is 22.5. The minimum absolute atomic E-state index is 0.0551. The zero-order chi connectivity index (χ0) is 22.7. The van der Waals surface area contributed by atoms with E-state index in [2.05, 4.69) is 29.6 Å². The van der Waals surface area contributed by atoms with E-state index in [1.807, 2.05) is 49.1 Å². The van der Waals surface area contributed by atoms with Crippen molar-refractivity contribution in [3.63, 3.8) is 0 Å². The number of piperazine rings is 1. The van der Waals surface area contributed by atoms with E-state index in [1.54, 1.807) is 12.1 Å². The summed E-state index contributed by atoms with van der Waals surface area (Å²) < 4.78 is 27.2. The highest BCUT2D eigenvalue weighted by atomic mass is 32.2. The van der Waals surface area contributed by atoms with E-state index in [1.165, 1.54) is 9.69 Å². The van der Waals surface area contributed by atoms with Crippen molar-refractivity contribution < 1.29 is 13.2 Å². The van der Waals surface area contributed by atoms with Gasteiger partial charge in [-0.25, -0.2) is 8.42 Å². The van der Waals surface area contributed by atoms with Crippen LogP contribution in [0.4, 0.5) is 0 Å². The molecular formula is C25H29N3O3S. The van der Waals surface area contributed by atoms with Gasteiger partial charge in [0.1, 0.15) is 0 Å². The summed E-state index contributed by atoms with van der Waals surface area (Å²) in [5, 5.41) is 5.39. The van der Waals surface area contributed by atoms with E-state index in [9.17, 15) is 13.2 Å². The number of rotatable bonds is 6.